The Kier molecular flexibility index (Phi) is 9.79. The van der Waals surface area contributed by atoms with E-state index in [0.29, 0.717) is 25.3 Å². The fourth-order valence-electron chi connectivity index (χ4n) is 7.80. The van der Waals surface area contributed by atoms with Gasteiger partial charge < -0.3 is 16.0 Å². The number of unbranched alkanes of at least 4 members (excludes halogenated alkanes) is 1. The molecular formula is C44H45N3O3. The van der Waals surface area contributed by atoms with E-state index in [1.807, 2.05) is 77.7 Å². The minimum absolute atomic E-state index is 0.210. The summed E-state index contributed by atoms with van der Waals surface area (Å²) in [6, 6.07) is 38.0. The van der Waals surface area contributed by atoms with Crippen LogP contribution in [0.5, 0.6) is 0 Å². The predicted octanol–water partition coefficient (Wildman–Crippen LogP) is 8.98. The number of hydrogen-bond acceptors (Lipinski definition) is 3. The van der Waals surface area contributed by atoms with Gasteiger partial charge in [-0.15, -0.1) is 0 Å². The highest BCUT2D eigenvalue weighted by atomic mass is 16.2. The van der Waals surface area contributed by atoms with Gasteiger partial charge in [-0.25, -0.2) is 0 Å². The number of rotatable bonds is 12. The van der Waals surface area contributed by atoms with Crippen LogP contribution in [0.3, 0.4) is 0 Å². The molecule has 3 N–H and O–H groups in total. The van der Waals surface area contributed by atoms with Crippen molar-refractivity contribution in [3.8, 4) is 22.3 Å². The predicted molar refractivity (Wildman–Crippen MR) is 201 cm³/mol. The molecule has 5 aromatic rings. The van der Waals surface area contributed by atoms with Crippen molar-refractivity contribution in [1.29, 1.82) is 0 Å². The van der Waals surface area contributed by atoms with Crippen molar-refractivity contribution in [2.45, 2.75) is 64.5 Å². The molecule has 5 aromatic carbocycles. The number of nitrogens with zero attached hydrogens (tertiary/aromatic N) is 1. The fourth-order valence-corrected chi connectivity index (χ4v) is 7.80. The Morgan fingerprint density at radius 1 is 0.800 bits per heavy atom. The lowest BCUT2D eigenvalue weighted by molar-refractivity contribution is -0.136. The number of para-hydroxylation sites is 1. The van der Waals surface area contributed by atoms with Gasteiger partial charge in [0.15, 0.2) is 0 Å². The highest BCUT2D eigenvalue weighted by molar-refractivity contribution is 6.06. The summed E-state index contributed by atoms with van der Waals surface area (Å²) in [5.74, 6) is -1.68. The third kappa shape index (κ3) is 6.80. The van der Waals surface area contributed by atoms with E-state index in [1.165, 1.54) is 10.8 Å². The second kappa shape index (κ2) is 14.7. The number of carbonyl (C=O) groups excluding carboxylic acids is 3. The first-order valence-corrected chi connectivity index (χ1v) is 18.1. The van der Waals surface area contributed by atoms with Crippen LogP contribution in [0.2, 0.25) is 0 Å². The second-order valence-corrected chi connectivity index (χ2v) is 14.0. The monoisotopic (exact) mass is 663 g/mol. The Labute approximate surface area is 294 Å². The summed E-state index contributed by atoms with van der Waals surface area (Å²) in [5, 5.41) is 5.56. The van der Waals surface area contributed by atoms with E-state index in [-0.39, 0.29) is 11.8 Å². The zero-order valence-electron chi connectivity index (χ0n) is 28.7. The first-order chi connectivity index (χ1) is 24.4. The largest absolute Gasteiger partial charge is 0.369 e. The Hall–Kier alpha value is -5.23. The summed E-state index contributed by atoms with van der Waals surface area (Å²) in [6.07, 6.45) is 6.14. The van der Waals surface area contributed by atoms with E-state index in [4.69, 9.17) is 5.73 Å². The molecule has 1 heterocycles. The molecule has 1 aliphatic carbocycles. The SMILES string of the molecule is CCCC[C@H](C(N)=O)[C@@H](CC1CCC1)C(=O)NC1C(=O)N(Cc2cccc(-c3ccc4ccccc4c3)c2)c2ccccc2-c2ccccc21. The maximum absolute atomic E-state index is 14.9. The van der Waals surface area contributed by atoms with Crippen LogP contribution in [-0.2, 0) is 20.9 Å². The maximum atomic E-state index is 14.9. The lowest BCUT2D eigenvalue weighted by Crippen LogP contribution is -2.47. The van der Waals surface area contributed by atoms with E-state index < -0.39 is 23.8 Å². The van der Waals surface area contributed by atoms with Crippen LogP contribution in [0, 0.1) is 17.8 Å². The fraction of sp³-hybridized carbons (Fsp3) is 0.295. The van der Waals surface area contributed by atoms with Crippen LogP contribution in [-0.4, -0.2) is 17.7 Å². The number of anilines is 1. The number of nitrogens with two attached hydrogens (primary N) is 1. The highest BCUT2D eigenvalue weighted by Gasteiger charge is 2.40. The number of fused-ring (bicyclic) bond motifs is 4. The van der Waals surface area contributed by atoms with Gasteiger partial charge in [-0.3, -0.25) is 14.4 Å². The van der Waals surface area contributed by atoms with Crippen molar-refractivity contribution in [3.05, 3.63) is 126 Å². The van der Waals surface area contributed by atoms with Crippen molar-refractivity contribution in [2.24, 2.45) is 23.5 Å². The van der Waals surface area contributed by atoms with Gasteiger partial charge in [-0.2, -0.15) is 0 Å². The summed E-state index contributed by atoms with van der Waals surface area (Å²) < 4.78 is 0. The van der Waals surface area contributed by atoms with Crippen LogP contribution in [0.15, 0.2) is 115 Å². The lowest BCUT2D eigenvalue weighted by Gasteiger charge is -2.33. The number of benzene rings is 5. The van der Waals surface area contributed by atoms with Gasteiger partial charge in [-0.05, 0) is 75.5 Å². The summed E-state index contributed by atoms with van der Waals surface area (Å²) in [6.45, 7) is 2.40. The van der Waals surface area contributed by atoms with Crippen LogP contribution in [0.25, 0.3) is 33.0 Å². The molecule has 3 atom stereocenters. The quantitative estimate of drug-likeness (QED) is 0.140. The lowest BCUT2D eigenvalue weighted by atomic mass is 9.73. The van der Waals surface area contributed by atoms with Gasteiger partial charge in [0, 0.05) is 17.4 Å². The molecule has 2 aliphatic rings. The molecule has 1 saturated carbocycles. The molecule has 254 valence electrons. The number of primary amides is 1. The molecule has 0 spiro atoms. The molecule has 1 fully saturated rings. The normalized spacial score (nSPS) is 16.9. The van der Waals surface area contributed by atoms with Crippen LogP contribution in [0.1, 0.15) is 69.0 Å². The Morgan fingerprint density at radius 3 is 2.28 bits per heavy atom. The van der Waals surface area contributed by atoms with E-state index in [9.17, 15) is 14.4 Å². The van der Waals surface area contributed by atoms with Gasteiger partial charge in [0.1, 0.15) is 6.04 Å². The Morgan fingerprint density at radius 2 is 1.52 bits per heavy atom. The van der Waals surface area contributed by atoms with Gasteiger partial charge in [0.05, 0.1) is 12.2 Å². The molecule has 50 heavy (non-hydrogen) atoms. The minimum Gasteiger partial charge on any atom is -0.369 e. The van der Waals surface area contributed by atoms with Crippen LogP contribution in [0.4, 0.5) is 5.69 Å². The van der Waals surface area contributed by atoms with E-state index in [2.05, 4.69) is 54.7 Å². The summed E-state index contributed by atoms with van der Waals surface area (Å²) >= 11 is 0. The molecule has 6 nitrogen and oxygen atoms in total. The molecule has 3 amide bonds. The molecule has 1 unspecified atom stereocenters. The van der Waals surface area contributed by atoms with Crippen molar-refractivity contribution >= 4 is 34.2 Å². The Balaban J connectivity index is 1.24. The number of amides is 3. The zero-order chi connectivity index (χ0) is 34.6. The van der Waals surface area contributed by atoms with Crippen molar-refractivity contribution in [1.82, 2.24) is 5.32 Å². The van der Waals surface area contributed by atoms with Crippen molar-refractivity contribution in [2.75, 3.05) is 4.90 Å². The minimum atomic E-state index is -0.932. The van der Waals surface area contributed by atoms with Gasteiger partial charge in [0.2, 0.25) is 11.8 Å². The second-order valence-electron chi connectivity index (χ2n) is 14.0. The maximum Gasteiger partial charge on any atom is 0.254 e. The average Bonchev–Trinajstić information content (AvgIpc) is 3.21. The van der Waals surface area contributed by atoms with Crippen molar-refractivity contribution in [3.63, 3.8) is 0 Å². The standard InChI is InChI=1S/C44H45N3O3/c1-2-3-18-38(42(45)48)39(26-29-12-10-13-29)43(49)46-41-37-21-7-6-19-35(37)36-20-8-9-22-40(36)47(44(41)50)28-30-14-11-17-32(25-30)34-24-23-31-15-4-5-16-33(31)27-34/h4-9,11,14-17,19-25,27,29,38-39,41H,2-3,10,12-13,18,26,28H2,1H3,(H2,45,48)(H,46,49)/t38-,39+,41?/m0/s1. The summed E-state index contributed by atoms with van der Waals surface area (Å²) in [5.41, 5.74) is 12.5. The third-order valence-electron chi connectivity index (χ3n) is 10.8. The first-order valence-electron chi connectivity index (χ1n) is 18.1. The molecular weight excluding hydrogens is 619 g/mol. The van der Waals surface area contributed by atoms with Gasteiger partial charge >= 0.3 is 0 Å². The zero-order valence-corrected chi connectivity index (χ0v) is 28.7. The Bertz CT molecular complexity index is 2030. The summed E-state index contributed by atoms with van der Waals surface area (Å²) in [7, 11) is 0. The molecule has 1 aliphatic heterocycles. The van der Waals surface area contributed by atoms with E-state index >= 15 is 0 Å². The summed E-state index contributed by atoms with van der Waals surface area (Å²) in [4.78, 5) is 43.9. The molecule has 6 heteroatoms. The van der Waals surface area contributed by atoms with Gasteiger partial charge in [-0.1, -0.05) is 136 Å². The average molecular weight is 664 g/mol. The third-order valence-corrected chi connectivity index (χ3v) is 10.8. The highest BCUT2D eigenvalue weighted by Crippen LogP contribution is 2.42. The number of nitrogens with one attached hydrogen (secondary N) is 1. The van der Waals surface area contributed by atoms with Crippen LogP contribution >= 0.6 is 0 Å². The molecule has 0 radical (unpaired) electrons. The molecule has 0 aromatic heterocycles. The molecule has 7 rings (SSSR count). The van der Waals surface area contributed by atoms with E-state index in [0.717, 1.165) is 71.2 Å². The van der Waals surface area contributed by atoms with Gasteiger partial charge in [0.25, 0.3) is 5.91 Å². The van der Waals surface area contributed by atoms with E-state index in [1.54, 1.807) is 0 Å². The smallest absolute Gasteiger partial charge is 0.254 e. The number of carbonyl (C=O) groups is 3. The first kappa shape index (κ1) is 33.3. The number of hydrogen-bond donors (Lipinski definition) is 2. The molecule has 0 saturated heterocycles. The topological polar surface area (TPSA) is 92.5 Å². The van der Waals surface area contributed by atoms with Crippen LogP contribution < -0.4 is 16.0 Å². The molecule has 0 bridgehead atoms. The van der Waals surface area contributed by atoms with Crippen molar-refractivity contribution < 1.29 is 14.4 Å².